The number of benzene rings is 1. The molecule has 0 saturated heterocycles. The number of amides is 2. The van der Waals surface area contributed by atoms with Gasteiger partial charge in [0.2, 0.25) is 0 Å². The molecule has 12 nitrogen and oxygen atoms in total. The van der Waals surface area contributed by atoms with Crippen LogP contribution in [-0.2, 0) is 4.79 Å². The van der Waals surface area contributed by atoms with Gasteiger partial charge in [0.25, 0.3) is 11.4 Å². The summed E-state index contributed by atoms with van der Waals surface area (Å²) in [4.78, 5) is 42.0. The number of nitrogens with one attached hydrogen (secondary N) is 2. The Morgan fingerprint density at radius 2 is 1.88 bits per heavy atom. The minimum atomic E-state index is -1.23. The first-order valence-corrected chi connectivity index (χ1v) is 7.18. The van der Waals surface area contributed by atoms with E-state index in [1.165, 1.54) is 0 Å². The van der Waals surface area contributed by atoms with Crippen LogP contribution in [0.25, 0.3) is 0 Å². The van der Waals surface area contributed by atoms with Crippen molar-refractivity contribution in [1.82, 2.24) is 5.32 Å². The first-order valence-electron chi connectivity index (χ1n) is 7.18. The Morgan fingerprint density at radius 3 is 2.40 bits per heavy atom. The van der Waals surface area contributed by atoms with Gasteiger partial charge in [0.15, 0.2) is 0 Å². The van der Waals surface area contributed by atoms with Gasteiger partial charge in [-0.3, -0.25) is 20.2 Å². The molecule has 1 aromatic carbocycles. The van der Waals surface area contributed by atoms with Crippen molar-refractivity contribution in [1.29, 1.82) is 0 Å². The number of nitro groups is 2. The van der Waals surface area contributed by atoms with Crippen molar-refractivity contribution in [3.63, 3.8) is 0 Å². The van der Waals surface area contributed by atoms with Crippen LogP contribution in [0.4, 0.5) is 21.9 Å². The second kappa shape index (κ2) is 9.00. The third-order valence-corrected chi connectivity index (χ3v) is 3.24. The quantitative estimate of drug-likeness (QED) is 0.273. The van der Waals surface area contributed by atoms with Gasteiger partial charge in [-0.15, -0.1) is 0 Å². The van der Waals surface area contributed by atoms with Crippen LogP contribution in [0, 0.1) is 20.2 Å². The molecule has 0 heterocycles. The molecule has 25 heavy (non-hydrogen) atoms. The molecule has 12 heteroatoms. The van der Waals surface area contributed by atoms with Crippen molar-refractivity contribution < 1.29 is 24.5 Å². The molecule has 0 aliphatic rings. The maximum Gasteiger partial charge on any atom is 0.326 e. The molecule has 2 amide bonds. The highest BCUT2D eigenvalue weighted by Crippen LogP contribution is 2.29. The van der Waals surface area contributed by atoms with Crippen molar-refractivity contribution in [3.05, 3.63) is 38.4 Å². The van der Waals surface area contributed by atoms with Crippen LogP contribution >= 0.6 is 0 Å². The molecule has 0 radical (unpaired) electrons. The second-order valence-corrected chi connectivity index (χ2v) is 5.04. The van der Waals surface area contributed by atoms with Crippen molar-refractivity contribution in [3.8, 4) is 0 Å². The van der Waals surface area contributed by atoms with E-state index in [9.17, 15) is 34.9 Å². The number of nitrogens with two attached hydrogens (primary N) is 1. The summed E-state index contributed by atoms with van der Waals surface area (Å²) in [6, 6.07) is 1.09. The number of hydrogen-bond acceptors (Lipinski definition) is 7. The van der Waals surface area contributed by atoms with Gasteiger partial charge in [0, 0.05) is 12.6 Å². The van der Waals surface area contributed by atoms with Gasteiger partial charge in [0.1, 0.15) is 11.7 Å². The van der Waals surface area contributed by atoms with E-state index in [0.717, 1.165) is 18.2 Å². The van der Waals surface area contributed by atoms with Gasteiger partial charge < -0.3 is 21.5 Å². The largest absolute Gasteiger partial charge is 0.480 e. The molecule has 0 saturated carbocycles. The Labute approximate surface area is 141 Å². The fourth-order valence-electron chi connectivity index (χ4n) is 2.04. The van der Waals surface area contributed by atoms with Crippen LogP contribution < -0.4 is 16.4 Å². The highest BCUT2D eigenvalue weighted by Gasteiger charge is 2.24. The predicted octanol–water partition coefficient (Wildman–Crippen LogP) is 1.21. The van der Waals surface area contributed by atoms with E-state index in [4.69, 9.17) is 5.73 Å². The third-order valence-electron chi connectivity index (χ3n) is 3.24. The molecule has 0 unspecified atom stereocenters. The van der Waals surface area contributed by atoms with E-state index in [1.807, 2.05) is 0 Å². The number of primary amides is 1. The average Bonchev–Trinajstić information content (AvgIpc) is 2.52. The molecule has 0 aliphatic heterocycles. The number of carbonyl (C=O) groups excluding carboxylic acids is 1. The first kappa shape index (κ1) is 19.6. The van der Waals surface area contributed by atoms with Crippen LogP contribution in [0.2, 0.25) is 0 Å². The SMILES string of the molecule is NC(=O)NCCCC[C@@H](Nc1ccc([N+](=O)[O-])cc1[N+](=O)[O-])C(=O)O. The number of rotatable bonds is 10. The van der Waals surface area contributed by atoms with Crippen LogP contribution in [0.5, 0.6) is 0 Å². The second-order valence-electron chi connectivity index (χ2n) is 5.04. The Kier molecular flexibility index (Phi) is 7.06. The van der Waals surface area contributed by atoms with E-state index in [2.05, 4.69) is 10.6 Å². The van der Waals surface area contributed by atoms with Gasteiger partial charge >= 0.3 is 12.0 Å². The van der Waals surface area contributed by atoms with E-state index in [1.54, 1.807) is 0 Å². The lowest BCUT2D eigenvalue weighted by Gasteiger charge is -2.15. The number of urea groups is 1. The fourth-order valence-corrected chi connectivity index (χ4v) is 2.04. The maximum atomic E-state index is 11.3. The summed E-state index contributed by atoms with van der Waals surface area (Å²) in [6.45, 7) is 0.277. The Hall–Kier alpha value is -3.44. The number of non-ortho nitro benzene ring substituents is 1. The summed E-state index contributed by atoms with van der Waals surface area (Å²) in [5.74, 6) is -1.23. The van der Waals surface area contributed by atoms with E-state index in [0.29, 0.717) is 12.8 Å². The van der Waals surface area contributed by atoms with Gasteiger partial charge in [0.05, 0.1) is 15.9 Å². The Balaban J connectivity index is 2.80. The summed E-state index contributed by atoms with van der Waals surface area (Å²) < 4.78 is 0. The van der Waals surface area contributed by atoms with Crippen molar-refractivity contribution >= 4 is 29.1 Å². The maximum absolute atomic E-state index is 11.3. The van der Waals surface area contributed by atoms with Crippen molar-refractivity contribution in [2.75, 3.05) is 11.9 Å². The molecule has 5 N–H and O–H groups in total. The monoisotopic (exact) mass is 355 g/mol. The van der Waals surface area contributed by atoms with Gasteiger partial charge in [-0.1, -0.05) is 0 Å². The zero-order chi connectivity index (χ0) is 19.0. The Morgan fingerprint density at radius 1 is 1.20 bits per heavy atom. The fraction of sp³-hybridized carbons (Fsp3) is 0.385. The van der Waals surface area contributed by atoms with Crippen LogP contribution in [0.15, 0.2) is 18.2 Å². The molecule has 1 aromatic rings. The zero-order valence-electron chi connectivity index (χ0n) is 13.0. The summed E-state index contributed by atoms with van der Waals surface area (Å²) in [6.07, 6.45) is 1.01. The molecule has 0 fully saturated rings. The highest BCUT2D eigenvalue weighted by atomic mass is 16.6. The average molecular weight is 355 g/mol. The number of hydrogen-bond donors (Lipinski definition) is 4. The van der Waals surface area contributed by atoms with Gasteiger partial charge in [-0.25, -0.2) is 9.59 Å². The summed E-state index contributed by atoms with van der Waals surface area (Å²) >= 11 is 0. The molecule has 1 rings (SSSR count). The number of carboxylic acids is 1. The number of nitrogens with zero attached hydrogens (tertiary/aromatic N) is 2. The first-order chi connectivity index (χ1) is 11.7. The summed E-state index contributed by atoms with van der Waals surface area (Å²) in [5, 5.41) is 35.8. The third kappa shape index (κ3) is 6.29. The standard InChI is InChI=1S/C13H17N5O7/c14-13(21)15-6-2-1-3-10(12(19)20)16-9-5-4-8(17(22)23)7-11(9)18(24)25/h4-5,7,10,16H,1-3,6H2,(H,19,20)(H3,14,15,21)/t10-/m1/s1. The lowest BCUT2D eigenvalue weighted by atomic mass is 10.1. The summed E-state index contributed by atoms with van der Waals surface area (Å²) in [7, 11) is 0. The highest BCUT2D eigenvalue weighted by molar-refractivity contribution is 5.79. The van der Waals surface area contributed by atoms with E-state index < -0.39 is 39.3 Å². The number of anilines is 1. The lowest BCUT2D eigenvalue weighted by molar-refractivity contribution is -0.393. The smallest absolute Gasteiger partial charge is 0.326 e. The molecule has 0 aliphatic carbocycles. The minimum Gasteiger partial charge on any atom is -0.480 e. The zero-order valence-corrected chi connectivity index (χ0v) is 13.0. The molecular weight excluding hydrogens is 338 g/mol. The molecule has 1 atom stereocenters. The molecular formula is C13H17N5O7. The molecule has 0 aromatic heterocycles. The number of carbonyl (C=O) groups is 2. The lowest BCUT2D eigenvalue weighted by Crippen LogP contribution is -2.31. The molecule has 136 valence electrons. The van der Waals surface area contributed by atoms with Crippen molar-refractivity contribution in [2.45, 2.75) is 25.3 Å². The van der Waals surface area contributed by atoms with Crippen LogP contribution in [0.3, 0.4) is 0 Å². The van der Waals surface area contributed by atoms with E-state index in [-0.39, 0.29) is 18.7 Å². The number of carboxylic acid groups (broad SMARTS) is 1. The number of aliphatic carboxylic acids is 1. The number of unbranched alkanes of at least 4 members (excludes halogenated alkanes) is 1. The topological polar surface area (TPSA) is 191 Å². The number of nitro benzene ring substituents is 2. The summed E-state index contributed by atoms with van der Waals surface area (Å²) in [5.41, 5.74) is 3.71. The van der Waals surface area contributed by atoms with Gasteiger partial charge in [-0.05, 0) is 25.3 Å². The Bertz CT molecular complexity index is 679. The predicted molar refractivity (Wildman–Crippen MR) is 86.2 cm³/mol. The minimum absolute atomic E-state index is 0.127. The van der Waals surface area contributed by atoms with E-state index >= 15 is 0 Å². The van der Waals surface area contributed by atoms with Gasteiger partial charge in [-0.2, -0.15) is 0 Å². The van der Waals surface area contributed by atoms with Crippen LogP contribution in [0.1, 0.15) is 19.3 Å². The van der Waals surface area contributed by atoms with Crippen LogP contribution in [-0.4, -0.2) is 39.5 Å². The van der Waals surface area contributed by atoms with Crippen molar-refractivity contribution in [2.24, 2.45) is 5.73 Å². The molecule has 0 spiro atoms. The normalized spacial score (nSPS) is 11.4. The molecule has 0 bridgehead atoms.